The lowest BCUT2D eigenvalue weighted by molar-refractivity contribution is 0.660. The molecule has 17 rings (SSSR count). The zero-order valence-electron chi connectivity index (χ0n) is 44.5. The first-order valence-electron chi connectivity index (χ1n) is 27.5. The average molecular weight is 1020 g/mol. The molecule has 2 aliphatic carbocycles. The number of hydrogen-bond donors (Lipinski definition) is 0. The van der Waals surface area contributed by atoms with E-state index in [1.807, 2.05) is 0 Å². The molecule has 4 heterocycles. The Bertz CT molecular complexity index is 5070. The molecule has 2 aliphatic rings. The molecule has 0 spiro atoms. The second-order valence-electron chi connectivity index (χ2n) is 22.9. The minimum atomic E-state index is -0.324. The van der Waals surface area contributed by atoms with Gasteiger partial charge in [0.2, 0.25) is 5.69 Å². The van der Waals surface area contributed by atoms with Crippen LogP contribution in [0.2, 0.25) is 0 Å². The van der Waals surface area contributed by atoms with Gasteiger partial charge in [0.05, 0.1) is 79.0 Å². The number of rotatable bonds is 4. The molecule has 0 radical (unpaired) electrons. The molecule has 0 unspecified atom stereocenters. The maximum atomic E-state index is 12.9. The van der Waals surface area contributed by atoms with Gasteiger partial charge in [0.1, 0.15) is 6.07 Å². The first kappa shape index (κ1) is 44.7. The van der Waals surface area contributed by atoms with E-state index in [1.165, 1.54) is 33.4 Å². The largest absolute Gasteiger partial charge is 0.318 e. The van der Waals surface area contributed by atoms with Gasteiger partial charge in [-0.3, -0.25) is 0 Å². The number of fused-ring (bicyclic) bond motifs is 20. The second-order valence-corrected chi connectivity index (χ2v) is 22.9. The normalized spacial score (nSPS) is 13.9. The summed E-state index contributed by atoms with van der Waals surface area (Å²) in [5.41, 5.74) is 20.2. The number of nitriles is 1. The van der Waals surface area contributed by atoms with Gasteiger partial charge < -0.3 is 18.3 Å². The van der Waals surface area contributed by atoms with Crippen molar-refractivity contribution in [2.75, 3.05) is 0 Å². The van der Waals surface area contributed by atoms with Gasteiger partial charge >= 0.3 is 0 Å². The lowest BCUT2D eigenvalue weighted by atomic mass is 9.82. The van der Waals surface area contributed by atoms with Crippen LogP contribution in [0.1, 0.15) is 55.5 Å². The number of aromatic nitrogens is 4. The molecule has 0 amide bonds. The van der Waals surface area contributed by atoms with Crippen LogP contribution in [0.25, 0.3) is 137 Å². The smallest absolute Gasteiger partial charge is 0.237 e. The topological polar surface area (TPSA) is 47.9 Å². The van der Waals surface area contributed by atoms with Crippen molar-refractivity contribution in [1.82, 2.24) is 18.3 Å². The van der Waals surface area contributed by atoms with Crippen molar-refractivity contribution in [3.8, 4) is 51.1 Å². The number of hydrogen-bond acceptors (Lipinski definition) is 1. The molecule has 0 bridgehead atoms. The molecule has 4 aromatic heterocycles. The van der Waals surface area contributed by atoms with E-state index in [0.717, 1.165) is 104 Å². The Labute approximate surface area is 461 Å². The summed E-state index contributed by atoms with van der Waals surface area (Å²) < 4.78 is 9.49. The van der Waals surface area contributed by atoms with Gasteiger partial charge in [0.15, 0.2) is 0 Å². The minimum Gasteiger partial charge on any atom is -0.318 e. The van der Waals surface area contributed by atoms with Gasteiger partial charge in [0.25, 0.3) is 0 Å². The summed E-state index contributed by atoms with van der Waals surface area (Å²) in [7, 11) is 0. The van der Waals surface area contributed by atoms with Crippen molar-refractivity contribution in [2.45, 2.75) is 38.5 Å². The van der Waals surface area contributed by atoms with E-state index in [2.05, 4.69) is 270 Å². The third-order valence-corrected chi connectivity index (χ3v) is 18.4. The lowest BCUT2D eigenvalue weighted by Crippen LogP contribution is -2.16. The molecule has 6 nitrogen and oxygen atoms in total. The Kier molecular flexibility index (Phi) is 8.74. The van der Waals surface area contributed by atoms with Crippen molar-refractivity contribution in [3.63, 3.8) is 0 Å². The van der Waals surface area contributed by atoms with E-state index in [9.17, 15) is 11.8 Å². The van der Waals surface area contributed by atoms with Crippen LogP contribution in [0.3, 0.4) is 0 Å². The molecule has 0 saturated carbocycles. The van der Waals surface area contributed by atoms with Crippen LogP contribution < -0.4 is 0 Å². The zero-order chi connectivity index (χ0) is 53.5. The summed E-state index contributed by atoms with van der Waals surface area (Å²) >= 11 is 0. The molecule has 11 aromatic carbocycles. The Morgan fingerprint density at radius 2 is 0.662 bits per heavy atom. The van der Waals surface area contributed by atoms with E-state index in [-0.39, 0.29) is 10.8 Å². The highest BCUT2D eigenvalue weighted by molar-refractivity contribution is 6.21. The molecule has 0 atom stereocenters. The Balaban J connectivity index is 1.22. The maximum absolute atomic E-state index is 12.9. The maximum Gasteiger partial charge on any atom is 0.237 e. The third kappa shape index (κ3) is 5.40. The Morgan fingerprint density at radius 3 is 1.05 bits per heavy atom. The standard InChI is InChI=1S/C74H48N6/c1-73(2)54-30-14-6-28-51(54)64-56(73)40-38-49-47-26-12-20-36-62(47)79(67(49)64)70-53(42-75)69(77-58-32-16-8-22-43(58)44-23-9-17-33-59(44)77)66(76-5)71(72(70)78-60-34-18-10-24-45(60)46-25-11-19-35-61(46)78)80-63-37-21-13-27-48(63)50-39-41-57-65(68(50)80)52-29-7-15-31-55(52)74(57,3)4/h6-41H,1-4H3. The SMILES string of the molecule is [C-]#[N+]c1c(-n2c3ccccc3c3ccccc32)c(C#N)c(-n2c3ccccc3c3ccc4c(c32)-c2ccccc2C4(C)C)c(-n2c3ccccc3c3ccccc32)c1-n1c2ccccc2c2ccc3c(c21)-c1ccccc1C3(C)C. The summed E-state index contributed by atoms with van der Waals surface area (Å²) in [6.45, 7) is 19.4. The van der Waals surface area contributed by atoms with E-state index in [1.54, 1.807) is 0 Å². The van der Waals surface area contributed by atoms with Crippen LogP contribution in [-0.4, -0.2) is 18.3 Å². The number of para-hydroxylation sites is 6. The molecule has 0 aliphatic heterocycles. The predicted octanol–water partition coefficient (Wildman–Crippen LogP) is 19.1. The van der Waals surface area contributed by atoms with Crippen LogP contribution in [0, 0.1) is 17.9 Å². The number of benzene rings is 11. The molecule has 0 fully saturated rings. The summed E-state index contributed by atoms with van der Waals surface area (Å²) in [6.07, 6.45) is 0. The summed E-state index contributed by atoms with van der Waals surface area (Å²) in [4.78, 5) is 4.90. The molecule has 80 heavy (non-hydrogen) atoms. The fraction of sp³-hybridized carbons (Fsp3) is 0.0811. The Morgan fingerprint density at radius 1 is 0.338 bits per heavy atom. The molecule has 0 saturated heterocycles. The first-order chi connectivity index (χ1) is 39.2. The van der Waals surface area contributed by atoms with Crippen LogP contribution >= 0.6 is 0 Å². The van der Waals surface area contributed by atoms with E-state index >= 15 is 0 Å². The van der Waals surface area contributed by atoms with Crippen molar-refractivity contribution in [3.05, 3.63) is 258 Å². The molecule has 0 N–H and O–H groups in total. The van der Waals surface area contributed by atoms with Crippen LogP contribution in [0.5, 0.6) is 0 Å². The Hall–Kier alpha value is -10.4. The third-order valence-electron chi connectivity index (χ3n) is 18.4. The minimum absolute atomic E-state index is 0.322. The fourth-order valence-corrected chi connectivity index (χ4v) is 15.0. The lowest BCUT2D eigenvalue weighted by Gasteiger charge is -2.28. The molecule has 6 heteroatoms. The average Bonchev–Trinajstić information content (AvgIpc) is 4.43. The highest BCUT2D eigenvalue weighted by Crippen LogP contribution is 2.58. The fourth-order valence-electron chi connectivity index (χ4n) is 15.0. The van der Waals surface area contributed by atoms with Gasteiger partial charge in [-0.05, 0) is 69.8 Å². The monoisotopic (exact) mass is 1020 g/mol. The molecular formula is C74H48N6. The van der Waals surface area contributed by atoms with Gasteiger partial charge in [-0.1, -0.05) is 210 Å². The highest BCUT2D eigenvalue weighted by Gasteiger charge is 2.42. The van der Waals surface area contributed by atoms with Crippen molar-refractivity contribution >= 4 is 92.9 Å². The van der Waals surface area contributed by atoms with E-state index in [0.29, 0.717) is 28.3 Å². The van der Waals surface area contributed by atoms with Crippen molar-refractivity contribution < 1.29 is 0 Å². The van der Waals surface area contributed by atoms with Gasteiger partial charge in [-0.2, -0.15) is 5.26 Å². The van der Waals surface area contributed by atoms with E-state index < -0.39 is 0 Å². The molecule has 15 aromatic rings. The zero-order valence-corrected chi connectivity index (χ0v) is 44.5. The molecular weight excluding hydrogens is 973 g/mol. The number of nitrogens with zero attached hydrogens (tertiary/aromatic N) is 6. The van der Waals surface area contributed by atoms with Gasteiger partial charge in [-0.25, -0.2) is 4.85 Å². The van der Waals surface area contributed by atoms with Crippen molar-refractivity contribution in [1.29, 1.82) is 5.26 Å². The summed E-state index contributed by atoms with van der Waals surface area (Å²) in [6, 6.07) is 81.6. The highest BCUT2D eigenvalue weighted by atomic mass is 15.1. The van der Waals surface area contributed by atoms with Crippen LogP contribution in [-0.2, 0) is 10.8 Å². The first-order valence-corrected chi connectivity index (χ1v) is 27.5. The predicted molar refractivity (Wildman–Crippen MR) is 330 cm³/mol. The quantitative estimate of drug-likeness (QED) is 0.162. The van der Waals surface area contributed by atoms with Crippen LogP contribution in [0.15, 0.2) is 218 Å². The summed E-state index contributed by atoms with van der Waals surface area (Å²) in [5, 5.41) is 21.4. The molecule has 374 valence electrons. The van der Waals surface area contributed by atoms with Gasteiger partial charge in [0, 0.05) is 65.0 Å². The van der Waals surface area contributed by atoms with E-state index in [4.69, 9.17) is 4.85 Å². The second kappa shape index (κ2) is 15.6. The van der Waals surface area contributed by atoms with Gasteiger partial charge in [-0.15, -0.1) is 0 Å². The van der Waals surface area contributed by atoms with Crippen molar-refractivity contribution in [2.24, 2.45) is 0 Å². The van der Waals surface area contributed by atoms with Crippen LogP contribution in [0.4, 0.5) is 5.69 Å². The summed E-state index contributed by atoms with van der Waals surface area (Å²) in [5.74, 6) is 0.